The molecule has 2 aromatic rings. The molecule has 3 nitrogen and oxygen atoms in total. The predicted octanol–water partition coefficient (Wildman–Crippen LogP) is 1.85. The van der Waals surface area contributed by atoms with Crippen molar-refractivity contribution in [1.82, 2.24) is 4.57 Å². The van der Waals surface area contributed by atoms with Gasteiger partial charge in [-0.05, 0) is 30.3 Å². The first-order chi connectivity index (χ1) is 7.72. The van der Waals surface area contributed by atoms with Crippen LogP contribution < -0.4 is 5.56 Å². The number of hydrogen-bond acceptors (Lipinski definition) is 2. The van der Waals surface area contributed by atoms with Crippen molar-refractivity contribution in [3.63, 3.8) is 0 Å². The summed E-state index contributed by atoms with van der Waals surface area (Å²) in [6.07, 6.45) is 1.50. The van der Waals surface area contributed by atoms with Crippen LogP contribution in [-0.2, 0) is 0 Å². The van der Waals surface area contributed by atoms with Gasteiger partial charge in [0.15, 0.2) is 0 Å². The average Bonchev–Trinajstić information content (AvgIpc) is 2.29. The largest absolute Gasteiger partial charge is 0.283 e. The molecule has 0 amide bonds. The predicted molar refractivity (Wildman–Crippen MR) is 56.7 cm³/mol. The van der Waals surface area contributed by atoms with E-state index in [1.807, 2.05) is 0 Å². The van der Waals surface area contributed by atoms with E-state index in [1.54, 1.807) is 18.2 Å². The van der Waals surface area contributed by atoms with Gasteiger partial charge in [0.2, 0.25) is 0 Å². The summed E-state index contributed by atoms with van der Waals surface area (Å²) < 4.78 is 14.2. The Labute approximate surface area is 91.0 Å². The van der Waals surface area contributed by atoms with E-state index in [-0.39, 0.29) is 5.56 Å². The third kappa shape index (κ3) is 1.71. The molecule has 0 spiro atoms. The van der Waals surface area contributed by atoms with E-state index in [9.17, 15) is 9.18 Å². The van der Waals surface area contributed by atoms with Crippen LogP contribution in [0.25, 0.3) is 5.69 Å². The normalized spacial score (nSPS) is 9.75. The topological polar surface area (TPSA) is 45.8 Å². The summed E-state index contributed by atoms with van der Waals surface area (Å²) in [5.74, 6) is -0.424. The number of hydrogen-bond donors (Lipinski definition) is 0. The Bertz CT molecular complexity index is 625. The Hall–Kier alpha value is -2.41. The highest BCUT2D eigenvalue weighted by atomic mass is 19.1. The molecular formula is C12H7FN2O. The molecule has 0 aliphatic heterocycles. The summed E-state index contributed by atoms with van der Waals surface area (Å²) in [5, 5.41) is 8.71. The molecule has 0 saturated heterocycles. The van der Waals surface area contributed by atoms with E-state index >= 15 is 0 Å². The minimum atomic E-state index is -0.449. The Morgan fingerprint density at radius 1 is 1.25 bits per heavy atom. The van der Waals surface area contributed by atoms with Gasteiger partial charge in [0.25, 0.3) is 5.56 Å². The molecule has 4 heteroatoms. The maximum absolute atomic E-state index is 13.0. The molecule has 0 bridgehead atoms. The zero-order chi connectivity index (χ0) is 11.5. The van der Waals surface area contributed by atoms with Gasteiger partial charge < -0.3 is 0 Å². The number of rotatable bonds is 1. The van der Waals surface area contributed by atoms with Crippen molar-refractivity contribution in [2.45, 2.75) is 0 Å². The first kappa shape index (κ1) is 10.1. The average molecular weight is 214 g/mol. The van der Waals surface area contributed by atoms with E-state index in [4.69, 9.17) is 5.26 Å². The van der Waals surface area contributed by atoms with Crippen LogP contribution in [0.1, 0.15) is 5.56 Å². The lowest BCUT2D eigenvalue weighted by molar-refractivity contribution is 0.626. The van der Waals surface area contributed by atoms with E-state index in [0.29, 0.717) is 5.69 Å². The number of benzene rings is 1. The van der Waals surface area contributed by atoms with Crippen molar-refractivity contribution in [3.8, 4) is 11.8 Å². The van der Waals surface area contributed by atoms with Gasteiger partial charge in [-0.15, -0.1) is 0 Å². The second-order valence-electron chi connectivity index (χ2n) is 3.19. The van der Waals surface area contributed by atoms with Crippen molar-refractivity contribution in [2.75, 3.05) is 0 Å². The minimum absolute atomic E-state index is 0.0340. The summed E-state index contributed by atoms with van der Waals surface area (Å²) in [6.45, 7) is 0. The highest BCUT2D eigenvalue weighted by Gasteiger charge is 2.04. The molecule has 0 radical (unpaired) electrons. The van der Waals surface area contributed by atoms with E-state index < -0.39 is 11.4 Å². The zero-order valence-electron chi connectivity index (χ0n) is 8.22. The lowest BCUT2D eigenvalue weighted by Gasteiger charge is -2.05. The third-order valence-corrected chi connectivity index (χ3v) is 2.15. The molecule has 78 valence electrons. The fourth-order valence-corrected chi connectivity index (χ4v) is 1.41. The second kappa shape index (κ2) is 3.99. The first-order valence-corrected chi connectivity index (χ1v) is 4.60. The Morgan fingerprint density at radius 3 is 2.75 bits per heavy atom. The zero-order valence-corrected chi connectivity index (χ0v) is 8.22. The second-order valence-corrected chi connectivity index (χ2v) is 3.19. The van der Waals surface area contributed by atoms with Crippen LogP contribution in [0.15, 0.2) is 47.4 Å². The van der Waals surface area contributed by atoms with E-state index in [2.05, 4.69) is 0 Å². The smallest absolute Gasteiger partial charge is 0.272 e. The molecule has 0 unspecified atom stereocenters. The fourth-order valence-electron chi connectivity index (χ4n) is 1.41. The number of nitrogens with zero attached hydrogens (tertiary/aromatic N) is 2. The number of pyridine rings is 1. The molecule has 0 fully saturated rings. The van der Waals surface area contributed by atoms with E-state index in [0.717, 1.165) is 0 Å². The Kier molecular flexibility index (Phi) is 2.52. The monoisotopic (exact) mass is 214 g/mol. The Morgan fingerprint density at radius 2 is 2.06 bits per heavy atom. The highest BCUT2D eigenvalue weighted by Crippen LogP contribution is 2.07. The molecule has 0 aliphatic carbocycles. The summed E-state index contributed by atoms with van der Waals surface area (Å²) in [7, 11) is 0. The quantitative estimate of drug-likeness (QED) is 0.727. The molecule has 0 aliphatic rings. The van der Waals surface area contributed by atoms with Crippen LogP contribution in [0.4, 0.5) is 4.39 Å². The molecule has 16 heavy (non-hydrogen) atoms. The van der Waals surface area contributed by atoms with Gasteiger partial charge in [-0.2, -0.15) is 5.26 Å². The molecular weight excluding hydrogens is 207 g/mol. The Balaban J connectivity index is 2.67. The highest BCUT2D eigenvalue weighted by molar-refractivity contribution is 5.35. The molecule has 0 N–H and O–H groups in total. The van der Waals surface area contributed by atoms with Gasteiger partial charge in [0.05, 0.1) is 5.69 Å². The van der Waals surface area contributed by atoms with Gasteiger partial charge >= 0.3 is 0 Å². The van der Waals surface area contributed by atoms with Gasteiger partial charge in [0, 0.05) is 6.20 Å². The SMILES string of the molecule is N#Cc1cccn(-c2cccc(F)c2)c1=O. The molecule has 2 rings (SSSR count). The van der Waals surface area contributed by atoms with Crippen LogP contribution in [-0.4, -0.2) is 4.57 Å². The van der Waals surface area contributed by atoms with Gasteiger partial charge in [-0.3, -0.25) is 9.36 Å². The maximum atomic E-state index is 13.0. The lowest BCUT2D eigenvalue weighted by Crippen LogP contribution is -2.19. The summed E-state index contributed by atoms with van der Waals surface area (Å²) in [4.78, 5) is 11.7. The van der Waals surface area contributed by atoms with Gasteiger partial charge in [0.1, 0.15) is 17.4 Å². The molecule has 1 aromatic heterocycles. The number of nitriles is 1. The van der Waals surface area contributed by atoms with Gasteiger partial charge in [-0.25, -0.2) is 4.39 Å². The standard InChI is InChI=1S/C12H7FN2O/c13-10-4-1-5-11(7-10)15-6-2-3-9(8-14)12(15)16/h1-7H. The van der Waals surface area contributed by atoms with Crippen LogP contribution in [0.5, 0.6) is 0 Å². The van der Waals surface area contributed by atoms with E-state index in [1.165, 1.54) is 35.0 Å². The van der Waals surface area contributed by atoms with Crippen LogP contribution in [0.2, 0.25) is 0 Å². The summed E-state index contributed by atoms with van der Waals surface area (Å²) >= 11 is 0. The van der Waals surface area contributed by atoms with Crippen molar-refractivity contribution in [3.05, 3.63) is 64.3 Å². The lowest BCUT2D eigenvalue weighted by atomic mass is 10.2. The van der Waals surface area contributed by atoms with Crippen molar-refractivity contribution in [2.24, 2.45) is 0 Å². The first-order valence-electron chi connectivity index (χ1n) is 4.60. The summed E-state index contributed by atoms with van der Waals surface area (Å²) in [6, 6.07) is 10.4. The van der Waals surface area contributed by atoms with Crippen LogP contribution in [0, 0.1) is 17.1 Å². The fraction of sp³-hybridized carbons (Fsp3) is 0. The number of aromatic nitrogens is 1. The minimum Gasteiger partial charge on any atom is -0.283 e. The van der Waals surface area contributed by atoms with Crippen LogP contribution >= 0.6 is 0 Å². The molecule has 1 aromatic carbocycles. The summed E-state index contributed by atoms with van der Waals surface area (Å²) in [5.41, 5.74) is -0.00976. The van der Waals surface area contributed by atoms with Crippen molar-refractivity contribution in [1.29, 1.82) is 5.26 Å². The van der Waals surface area contributed by atoms with Crippen molar-refractivity contribution >= 4 is 0 Å². The molecule has 1 heterocycles. The number of halogens is 1. The molecule has 0 atom stereocenters. The van der Waals surface area contributed by atoms with Crippen LogP contribution in [0.3, 0.4) is 0 Å². The third-order valence-electron chi connectivity index (χ3n) is 2.15. The van der Waals surface area contributed by atoms with Crippen molar-refractivity contribution < 1.29 is 4.39 Å². The maximum Gasteiger partial charge on any atom is 0.272 e. The molecule has 0 saturated carbocycles. The van der Waals surface area contributed by atoms with Gasteiger partial charge in [-0.1, -0.05) is 6.07 Å².